The molecule has 61 heavy (non-hydrogen) atoms. The Morgan fingerprint density at radius 2 is 1.03 bits per heavy atom. The first-order valence-corrected chi connectivity index (χ1v) is 20.5. The zero-order valence-electron chi connectivity index (χ0n) is 33.1. The molecule has 0 N–H and O–H groups in total. The predicted molar refractivity (Wildman–Crippen MR) is 247 cm³/mol. The van der Waals surface area contributed by atoms with Gasteiger partial charge in [-0.15, -0.1) is 0 Å². The van der Waals surface area contributed by atoms with Crippen LogP contribution in [0.5, 0.6) is 0 Å². The third-order valence-corrected chi connectivity index (χ3v) is 12.1. The van der Waals surface area contributed by atoms with E-state index in [-0.39, 0.29) is 0 Å². The van der Waals surface area contributed by atoms with Crippen molar-refractivity contribution in [1.29, 1.82) is 5.26 Å². The Morgan fingerprint density at radius 3 is 1.75 bits per heavy atom. The third kappa shape index (κ3) is 6.11. The number of nitriles is 1. The Hall–Kier alpha value is -8.26. The highest BCUT2D eigenvalue weighted by molar-refractivity contribution is 6.01. The van der Waals surface area contributed by atoms with Gasteiger partial charge in [0.2, 0.25) is 0 Å². The van der Waals surface area contributed by atoms with Gasteiger partial charge in [0.1, 0.15) is 0 Å². The first-order chi connectivity index (χ1) is 30.2. The number of fused-ring (bicyclic) bond motifs is 5. The number of rotatable bonds is 7. The Labute approximate surface area is 354 Å². The average molecular weight is 777 g/mol. The number of hydrogen-bond acceptors (Lipinski definition) is 4. The summed E-state index contributed by atoms with van der Waals surface area (Å²) >= 11 is 0. The van der Waals surface area contributed by atoms with E-state index >= 15 is 0 Å². The molecule has 0 aliphatic heterocycles. The summed E-state index contributed by atoms with van der Waals surface area (Å²) < 4.78 is 0. The molecule has 2 heterocycles. The van der Waals surface area contributed by atoms with Gasteiger partial charge in [-0.05, 0) is 109 Å². The molecule has 4 nitrogen and oxygen atoms in total. The summed E-state index contributed by atoms with van der Waals surface area (Å²) in [5, 5.41) is 12.3. The third-order valence-electron chi connectivity index (χ3n) is 12.1. The minimum atomic E-state index is -0.678. The molecule has 4 heteroatoms. The summed E-state index contributed by atoms with van der Waals surface area (Å²) in [6.45, 7) is 0. The number of hydrogen-bond donors (Lipinski definition) is 0. The normalized spacial score (nSPS) is 14.0. The van der Waals surface area contributed by atoms with Crippen molar-refractivity contribution in [2.75, 3.05) is 0 Å². The molecule has 0 bridgehead atoms. The molecular formula is C57H36N4. The van der Waals surface area contributed by atoms with Gasteiger partial charge in [0.25, 0.3) is 0 Å². The number of aromatic nitrogens is 3. The van der Waals surface area contributed by atoms with E-state index in [1.165, 1.54) is 38.6 Å². The maximum atomic E-state index is 9.89. The van der Waals surface area contributed by atoms with Crippen LogP contribution in [0, 0.1) is 11.3 Å². The predicted octanol–water partition coefficient (Wildman–Crippen LogP) is 13.6. The van der Waals surface area contributed by atoms with E-state index in [0.717, 1.165) is 55.9 Å². The second-order valence-corrected chi connectivity index (χ2v) is 15.5. The van der Waals surface area contributed by atoms with Crippen molar-refractivity contribution in [3.8, 4) is 73.4 Å². The summed E-state index contributed by atoms with van der Waals surface area (Å²) in [7, 11) is 0. The minimum absolute atomic E-state index is 0.632. The van der Waals surface area contributed by atoms with Crippen molar-refractivity contribution in [2.45, 2.75) is 5.41 Å². The Morgan fingerprint density at radius 1 is 0.426 bits per heavy atom. The second kappa shape index (κ2) is 14.8. The molecule has 10 aromatic rings. The van der Waals surface area contributed by atoms with Crippen LogP contribution in [0.15, 0.2) is 219 Å². The van der Waals surface area contributed by atoms with Crippen molar-refractivity contribution in [3.63, 3.8) is 0 Å². The van der Waals surface area contributed by atoms with Crippen LogP contribution in [-0.4, -0.2) is 15.0 Å². The van der Waals surface area contributed by atoms with Gasteiger partial charge in [0.15, 0.2) is 5.82 Å². The number of nitrogens with zero attached hydrogens (tertiary/aromatic N) is 4. The maximum Gasteiger partial charge on any atom is 0.160 e. The fourth-order valence-electron chi connectivity index (χ4n) is 9.26. The quantitative estimate of drug-likeness (QED) is 0.162. The molecule has 1 aliphatic carbocycles. The first-order valence-electron chi connectivity index (χ1n) is 20.5. The van der Waals surface area contributed by atoms with Gasteiger partial charge in [0, 0.05) is 34.6 Å². The van der Waals surface area contributed by atoms with E-state index in [0.29, 0.717) is 11.4 Å². The van der Waals surface area contributed by atoms with Crippen LogP contribution in [-0.2, 0) is 5.41 Å². The van der Waals surface area contributed by atoms with Gasteiger partial charge in [-0.3, -0.25) is 4.98 Å². The van der Waals surface area contributed by atoms with Gasteiger partial charge in [-0.2, -0.15) is 5.26 Å². The smallest absolute Gasteiger partial charge is 0.160 e. The first kappa shape index (κ1) is 35.9. The second-order valence-electron chi connectivity index (χ2n) is 15.5. The molecule has 0 saturated carbocycles. The molecule has 284 valence electrons. The summed E-state index contributed by atoms with van der Waals surface area (Å²) in [6, 6.07) is 75.0. The van der Waals surface area contributed by atoms with Crippen LogP contribution >= 0.6 is 0 Å². The van der Waals surface area contributed by atoms with Gasteiger partial charge in [-0.1, -0.05) is 158 Å². The van der Waals surface area contributed by atoms with Crippen molar-refractivity contribution in [3.05, 3.63) is 246 Å². The summed E-state index contributed by atoms with van der Waals surface area (Å²) in [6.07, 6.45) is 3.73. The van der Waals surface area contributed by atoms with E-state index in [4.69, 9.17) is 9.97 Å². The molecule has 1 atom stereocenters. The lowest BCUT2D eigenvalue weighted by Crippen LogP contribution is -2.29. The topological polar surface area (TPSA) is 62.5 Å². The standard InChI is InChI=1S/C57H36N4/c58-36-38-22-26-48(27-23-38)57(47-19-8-3-9-20-47)52-34-42(25-28-50(52)51-29-24-39-13-10-11-21-49(39)55(51)57)44-31-45(43-18-12-30-59-37-43)33-46(32-44)54-35-53(40-14-4-1-5-15-40)60-56(61-54)41-16-6-2-7-17-41/h1-35,37H. The van der Waals surface area contributed by atoms with E-state index < -0.39 is 5.41 Å². The fraction of sp³-hybridized carbons (Fsp3) is 0.0175. The highest BCUT2D eigenvalue weighted by Gasteiger charge is 2.47. The molecule has 0 fully saturated rings. The van der Waals surface area contributed by atoms with Gasteiger partial charge in [0.05, 0.1) is 28.4 Å². The molecule has 1 aliphatic rings. The van der Waals surface area contributed by atoms with Gasteiger partial charge in [-0.25, -0.2) is 9.97 Å². The molecule has 0 saturated heterocycles. The molecule has 8 aromatic carbocycles. The van der Waals surface area contributed by atoms with Gasteiger partial charge >= 0.3 is 0 Å². The summed E-state index contributed by atoms with van der Waals surface area (Å²) in [5.74, 6) is 0.669. The van der Waals surface area contributed by atoms with Crippen LogP contribution in [0.2, 0.25) is 0 Å². The minimum Gasteiger partial charge on any atom is -0.264 e. The molecule has 2 aromatic heterocycles. The van der Waals surface area contributed by atoms with E-state index in [1.807, 2.05) is 67.0 Å². The number of pyridine rings is 1. The zero-order valence-corrected chi connectivity index (χ0v) is 33.1. The average Bonchev–Trinajstić information content (AvgIpc) is 3.65. The van der Waals surface area contributed by atoms with Crippen molar-refractivity contribution in [1.82, 2.24) is 15.0 Å². The molecular weight excluding hydrogens is 741 g/mol. The fourth-order valence-corrected chi connectivity index (χ4v) is 9.26. The highest BCUT2D eigenvalue weighted by Crippen LogP contribution is 2.58. The molecule has 0 radical (unpaired) electrons. The van der Waals surface area contributed by atoms with Crippen molar-refractivity contribution in [2.24, 2.45) is 0 Å². The maximum absolute atomic E-state index is 9.89. The largest absolute Gasteiger partial charge is 0.264 e. The van der Waals surface area contributed by atoms with Crippen molar-refractivity contribution >= 4 is 10.8 Å². The van der Waals surface area contributed by atoms with E-state index in [9.17, 15) is 5.26 Å². The Bertz CT molecular complexity index is 3230. The lowest BCUT2D eigenvalue weighted by atomic mass is 9.66. The zero-order chi connectivity index (χ0) is 40.8. The van der Waals surface area contributed by atoms with Gasteiger partial charge < -0.3 is 0 Å². The number of benzene rings is 8. The van der Waals surface area contributed by atoms with Crippen molar-refractivity contribution < 1.29 is 0 Å². The van der Waals surface area contributed by atoms with Crippen LogP contribution in [0.4, 0.5) is 0 Å². The Balaban J connectivity index is 1.18. The monoisotopic (exact) mass is 776 g/mol. The van der Waals surface area contributed by atoms with Crippen LogP contribution in [0.25, 0.3) is 78.1 Å². The van der Waals surface area contributed by atoms with E-state index in [1.54, 1.807) is 0 Å². The Kier molecular flexibility index (Phi) is 8.73. The lowest BCUT2D eigenvalue weighted by molar-refractivity contribution is 0.775. The van der Waals surface area contributed by atoms with Crippen LogP contribution < -0.4 is 0 Å². The van der Waals surface area contributed by atoms with Crippen LogP contribution in [0.3, 0.4) is 0 Å². The van der Waals surface area contributed by atoms with Crippen LogP contribution in [0.1, 0.15) is 27.8 Å². The summed E-state index contributed by atoms with van der Waals surface area (Å²) in [5.41, 5.74) is 15.9. The molecule has 11 rings (SSSR count). The lowest BCUT2D eigenvalue weighted by Gasteiger charge is -2.35. The molecule has 0 spiro atoms. The molecule has 0 amide bonds. The SMILES string of the molecule is N#Cc1ccc(C2(c3ccccc3)c3cc(-c4cc(-c5cccnc5)cc(-c5cc(-c6ccccc6)nc(-c6ccccc6)n5)c4)ccc3-c3ccc4ccccc4c32)cc1. The highest BCUT2D eigenvalue weighted by atomic mass is 14.9. The van der Waals surface area contributed by atoms with E-state index in [2.05, 4.69) is 163 Å². The summed E-state index contributed by atoms with van der Waals surface area (Å²) in [4.78, 5) is 14.9. The molecule has 1 unspecified atom stereocenters.